The monoisotopic (exact) mass is 496 g/mol. The van der Waals surface area contributed by atoms with Crippen molar-refractivity contribution in [2.45, 2.75) is 56.9 Å². The molecule has 1 aromatic carbocycles. The fraction of sp³-hybridized carbons (Fsp3) is 0.524. The number of nitrogens with one attached hydrogen (secondary N) is 2. The lowest BCUT2D eigenvalue weighted by Gasteiger charge is -2.43. The molecule has 0 aromatic heterocycles. The van der Waals surface area contributed by atoms with Crippen molar-refractivity contribution < 1.29 is 26.7 Å². The van der Waals surface area contributed by atoms with Crippen LogP contribution in [0.25, 0.3) is 0 Å². The van der Waals surface area contributed by atoms with Crippen LogP contribution in [0, 0.1) is 5.41 Å². The third kappa shape index (κ3) is 4.33. The van der Waals surface area contributed by atoms with Crippen LogP contribution < -0.4 is 10.0 Å². The second-order valence-corrected chi connectivity index (χ2v) is 12.5. The van der Waals surface area contributed by atoms with Crippen LogP contribution in [-0.2, 0) is 24.8 Å². The fourth-order valence-corrected chi connectivity index (χ4v) is 6.32. The Balaban J connectivity index is 1.78. The van der Waals surface area contributed by atoms with E-state index in [9.17, 15) is 26.7 Å². The molecule has 10 nitrogen and oxygen atoms in total. The fourth-order valence-electron chi connectivity index (χ4n) is 4.62. The molecule has 4 rings (SSSR count). The van der Waals surface area contributed by atoms with Gasteiger partial charge in [0.25, 0.3) is 15.9 Å². The first-order chi connectivity index (χ1) is 15.3. The standard InChI is InChI=1S/C21H28N4O6S2/c1-4-21(2)12-25(14-7-5-6-8-14)20(27)17(18(21)26)19-22-15-10-9-13(23-32(3,28)29)11-16(15)33(30,31)24-19/h9-11,14,23,26H,4-8,12H2,1-3H3,(H,22,24). The molecular weight excluding hydrogens is 468 g/mol. The highest BCUT2D eigenvalue weighted by Gasteiger charge is 2.46. The summed E-state index contributed by atoms with van der Waals surface area (Å²) < 4.78 is 55.1. The van der Waals surface area contributed by atoms with E-state index in [0.29, 0.717) is 13.0 Å². The van der Waals surface area contributed by atoms with Crippen LogP contribution in [0.5, 0.6) is 0 Å². The Kier molecular flexibility index (Phi) is 5.72. The van der Waals surface area contributed by atoms with Gasteiger partial charge in [-0.15, -0.1) is 4.40 Å². The normalized spacial score (nSPS) is 25.5. The summed E-state index contributed by atoms with van der Waals surface area (Å²) in [5, 5.41) is 14.0. The third-order valence-electron chi connectivity index (χ3n) is 6.61. The average molecular weight is 497 g/mol. The van der Waals surface area contributed by atoms with Gasteiger partial charge in [-0.05, 0) is 37.5 Å². The van der Waals surface area contributed by atoms with Crippen LogP contribution in [0.1, 0.15) is 46.0 Å². The van der Waals surface area contributed by atoms with Gasteiger partial charge in [-0.25, -0.2) is 8.42 Å². The summed E-state index contributed by atoms with van der Waals surface area (Å²) >= 11 is 0. The summed E-state index contributed by atoms with van der Waals surface area (Å²) in [6.45, 7) is 4.13. The Morgan fingerprint density at radius 2 is 1.97 bits per heavy atom. The molecule has 2 aliphatic heterocycles. The molecular formula is C21H28N4O6S2. The summed E-state index contributed by atoms with van der Waals surface area (Å²) in [4.78, 5) is 15.0. The Morgan fingerprint density at radius 3 is 2.58 bits per heavy atom. The molecule has 2 heterocycles. The molecule has 12 heteroatoms. The van der Waals surface area contributed by atoms with Crippen LogP contribution >= 0.6 is 0 Å². The summed E-state index contributed by atoms with van der Waals surface area (Å²) in [7, 11) is -7.88. The number of benzene rings is 1. The van der Waals surface area contributed by atoms with Crippen molar-refractivity contribution in [3.8, 4) is 0 Å². The summed E-state index contributed by atoms with van der Waals surface area (Å²) in [5.74, 6) is -0.841. The molecule has 1 amide bonds. The van der Waals surface area contributed by atoms with Crippen molar-refractivity contribution >= 4 is 43.2 Å². The molecule has 1 atom stereocenters. The maximum absolute atomic E-state index is 13.5. The summed E-state index contributed by atoms with van der Waals surface area (Å²) in [6.07, 6.45) is 5.30. The van der Waals surface area contributed by atoms with Gasteiger partial charge in [-0.1, -0.05) is 26.7 Å². The molecule has 1 aromatic rings. The van der Waals surface area contributed by atoms with E-state index in [0.717, 1.165) is 38.0 Å². The number of anilines is 2. The van der Waals surface area contributed by atoms with Gasteiger partial charge in [0.05, 0.1) is 11.9 Å². The van der Waals surface area contributed by atoms with Crippen LogP contribution in [-0.4, -0.2) is 57.4 Å². The molecule has 180 valence electrons. The number of carbonyl (C=O) groups excluding carboxylic acids is 1. The van der Waals surface area contributed by atoms with Crippen molar-refractivity contribution in [1.82, 2.24) is 4.90 Å². The molecule has 0 saturated heterocycles. The number of carbonyl (C=O) groups is 1. The van der Waals surface area contributed by atoms with Crippen molar-refractivity contribution in [3.63, 3.8) is 0 Å². The number of hydrogen-bond acceptors (Lipinski definition) is 7. The van der Waals surface area contributed by atoms with Crippen molar-refractivity contribution in [2.75, 3.05) is 22.8 Å². The Morgan fingerprint density at radius 1 is 1.30 bits per heavy atom. The minimum atomic E-state index is -4.27. The molecule has 0 radical (unpaired) electrons. The molecule has 0 bridgehead atoms. The van der Waals surface area contributed by atoms with E-state index < -0.39 is 31.4 Å². The summed E-state index contributed by atoms with van der Waals surface area (Å²) in [5.41, 5.74) is -0.654. The zero-order chi connectivity index (χ0) is 24.2. The second kappa shape index (κ2) is 8.01. The lowest BCUT2D eigenvalue weighted by atomic mass is 9.78. The van der Waals surface area contributed by atoms with Crippen molar-refractivity contribution in [3.05, 3.63) is 29.5 Å². The van der Waals surface area contributed by atoms with E-state index in [-0.39, 0.29) is 39.5 Å². The highest BCUT2D eigenvalue weighted by atomic mass is 32.2. The third-order valence-corrected chi connectivity index (χ3v) is 8.54. The quantitative estimate of drug-likeness (QED) is 0.568. The van der Waals surface area contributed by atoms with Gasteiger partial charge in [-0.2, -0.15) is 8.42 Å². The summed E-state index contributed by atoms with van der Waals surface area (Å²) in [6, 6.07) is 4.01. The molecule has 33 heavy (non-hydrogen) atoms. The lowest BCUT2D eigenvalue weighted by Crippen LogP contribution is -2.52. The number of fused-ring (bicyclic) bond motifs is 1. The predicted molar refractivity (Wildman–Crippen MR) is 125 cm³/mol. The number of hydrogen-bond donors (Lipinski definition) is 3. The van der Waals surface area contributed by atoms with Gasteiger partial charge in [0, 0.05) is 23.7 Å². The van der Waals surface area contributed by atoms with Crippen LogP contribution in [0.4, 0.5) is 11.4 Å². The zero-order valence-electron chi connectivity index (χ0n) is 18.8. The minimum Gasteiger partial charge on any atom is -0.511 e. The predicted octanol–water partition coefficient (Wildman–Crippen LogP) is 2.58. The first-order valence-electron chi connectivity index (χ1n) is 10.8. The van der Waals surface area contributed by atoms with Crippen LogP contribution in [0.3, 0.4) is 0 Å². The van der Waals surface area contributed by atoms with Gasteiger partial charge >= 0.3 is 0 Å². The van der Waals surface area contributed by atoms with Crippen LogP contribution in [0.15, 0.2) is 38.8 Å². The molecule has 1 unspecified atom stereocenters. The number of nitrogens with zero attached hydrogens (tertiary/aromatic N) is 2. The highest BCUT2D eigenvalue weighted by molar-refractivity contribution is 7.92. The Labute approximate surface area is 193 Å². The smallest absolute Gasteiger partial charge is 0.286 e. The number of amides is 1. The number of amidine groups is 1. The van der Waals surface area contributed by atoms with Crippen molar-refractivity contribution in [1.29, 1.82) is 0 Å². The van der Waals surface area contributed by atoms with Gasteiger partial charge in [0.2, 0.25) is 10.0 Å². The first kappa shape index (κ1) is 23.6. The minimum absolute atomic E-state index is 0.0455. The second-order valence-electron chi connectivity index (χ2n) is 9.13. The van der Waals surface area contributed by atoms with Crippen molar-refractivity contribution in [2.24, 2.45) is 9.81 Å². The number of aliphatic hydroxyl groups is 1. The largest absolute Gasteiger partial charge is 0.511 e. The number of aliphatic hydroxyl groups excluding tert-OH is 1. The van der Waals surface area contributed by atoms with E-state index in [1.165, 1.54) is 12.1 Å². The molecule has 3 N–H and O–H groups in total. The van der Waals surface area contributed by atoms with Crippen LogP contribution in [0.2, 0.25) is 0 Å². The maximum Gasteiger partial charge on any atom is 0.286 e. The molecule has 3 aliphatic rings. The van der Waals surface area contributed by atoms with E-state index in [4.69, 9.17) is 0 Å². The van der Waals surface area contributed by atoms with E-state index >= 15 is 0 Å². The SMILES string of the molecule is CCC1(C)CN(C2CCCC2)C(=O)C(C2=NS(=O)(=O)c3cc(NS(C)(=O)=O)ccc3N2)=C1O. The molecule has 0 spiro atoms. The lowest BCUT2D eigenvalue weighted by molar-refractivity contribution is -0.132. The molecule has 1 aliphatic carbocycles. The zero-order valence-corrected chi connectivity index (χ0v) is 20.4. The van der Waals surface area contributed by atoms with E-state index in [1.807, 2.05) is 13.8 Å². The topological polar surface area (TPSA) is 145 Å². The van der Waals surface area contributed by atoms with E-state index in [2.05, 4.69) is 14.4 Å². The van der Waals surface area contributed by atoms with Gasteiger partial charge in [0.1, 0.15) is 16.2 Å². The number of rotatable bonds is 5. The van der Waals surface area contributed by atoms with Gasteiger partial charge < -0.3 is 15.3 Å². The number of sulfonamides is 2. The Bertz CT molecular complexity index is 1280. The highest BCUT2D eigenvalue weighted by Crippen LogP contribution is 2.41. The van der Waals surface area contributed by atoms with Gasteiger partial charge in [-0.3, -0.25) is 9.52 Å². The van der Waals surface area contributed by atoms with Gasteiger partial charge in [0.15, 0.2) is 5.84 Å². The molecule has 1 fully saturated rings. The first-order valence-corrected chi connectivity index (χ1v) is 14.2. The average Bonchev–Trinajstić information content (AvgIpc) is 3.24. The molecule has 1 saturated carbocycles. The maximum atomic E-state index is 13.5. The van der Waals surface area contributed by atoms with E-state index in [1.54, 1.807) is 4.90 Å². The Hall–Kier alpha value is -2.60.